The number of carbonyl (C=O) groups excluding carboxylic acids is 1. The predicted molar refractivity (Wildman–Crippen MR) is 98.0 cm³/mol. The highest BCUT2D eigenvalue weighted by molar-refractivity contribution is 7.88. The van der Waals surface area contributed by atoms with Gasteiger partial charge in [0.05, 0.1) is 12.8 Å². The van der Waals surface area contributed by atoms with E-state index in [9.17, 15) is 13.2 Å². The average Bonchev–Trinajstić information content (AvgIpc) is 2.34. The van der Waals surface area contributed by atoms with Gasteiger partial charge in [-0.3, -0.25) is 4.79 Å². The zero-order chi connectivity index (χ0) is 18.6. The maximum Gasteiger partial charge on any atom is 0.235 e. The van der Waals surface area contributed by atoms with E-state index < -0.39 is 15.6 Å². The highest BCUT2D eigenvalue weighted by atomic mass is 32.2. The molecule has 5 nitrogen and oxygen atoms in total. The van der Waals surface area contributed by atoms with Crippen LogP contribution in [0.15, 0.2) is 30.3 Å². The first-order valence-corrected chi connectivity index (χ1v) is 9.93. The Hall–Kier alpha value is -1.40. The second-order valence-electron chi connectivity index (χ2n) is 8.19. The van der Waals surface area contributed by atoms with Crippen LogP contribution in [-0.2, 0) is 21.4 Å². The number of carbonyl (C=O) groups is 1. The molecule has 0 aromatic heterocycles. The van der Waals surface area contributed by atoms with Gasteiger partial charge in [0, 0.05) is 12.1 Å². The molecule has 0 unspecified atom stereocenters. The number of sulfonamides is 1. The van der Waals surface area contributed by atoms with Crippen molar-refractivity contribution < 1.29 is 13.2 Å². The second-order valence-corrected chi connectivity index (χ2v) is 10.2. The lowest BCUT2D eigenvalue weighted by molar-refractivity contribution is -0.123. The van der Waals surface area contributed by atoms with Crippen molar-refractivity contribution in [2.45, 2.75) is 53.1 Å². The van der Waals surface area contributed by atoms with Crippen LogP contribution in [0.5, 0.6) is 0 Å². The van der Waals surface area contributed by atoms with Crippen molar-refractivity contribution in [3.63, 3.8) is 0 Å². The normalized spacial score (nSPS) is 13.1. The largest absolute Gasteiger partial charge is 0.350 e. The first-order valence-electron chi connectivity index (χ1n) is 8.09. The SMILES string of the molecule is CC(C)(C)CC(C)(C)NC(=O)CN(Cc1ccccc1)S(C)(=O)=O. The molecule has 0 aliphatic heterocycles. The van der Waals surface area contributed by atoms with Gasteiger partial charge >= 0.3 is 0 Å². The van der Waals surface area contributed by atoms with Crippen LogP contribution >= 0.6 is 0 Å². The fourth-order valence-electron chi connectivity index (χ4n) is 3.02. The summed E-state index contributed by atoms with van der Waals surface area (Å²) in [6.45, 7) is 10.3. The number of rotatable bonds is 7. The van der Waals surface area contributed by atoms with Crippen molar-refractivity contribution in [1.29, 1.82) is 0 Å². The summed E-state index contributed by atoms with van der Waals surface area (Å²) in [4.78, 5) is 12.4. The molecular weight excluding hydrogens is 324 g/mol. The van der Waals surface area contributed by atoms with Crippen molar-refractivity contribution in [3.05, 3.63) is 35.9 Å². The van der Waals surface area contributed by atoms with E-state index in [0.717, 1.165) is 18.2 Å². The smallest absolute Gasteiger partial charge is 0.235 e. The highest BCUT2D eigenvalue weighted by Crippen LogP contribution is 2.26. The maximum absolute atomic E-state index is 12.4. The summed E-state index contributed by atoms with van der Waals surface area (Å²) in [6.07, 6.45) is 1.92. The van der Waals surface area contributed by atoms with Gasteiger partial charge in [0.1, 0.15) is 0 Å². The summed E-state index contributed by atoms with van der Waals surface area (Å²) in [5, 5.41) is 2.96. The van der Waals surface area contributed by atoms with Gasteiger partial charge in [-0.1, -0.05) is 51.1 Å². The Labute approximate surface area is 146 Å². The lowest BCUT2D eigenvalue weighted by Gasteiger charge is -2.34. The molecule has 1 aromatic carbocycles. The van der Waals surface area contributed by atoms with Gasteiger partial charge in [-0.25, -0.2) is 8.42 Å². The van der Waals surface area contributed by atoms with E-state index in [1.807, 2.05) is 44.2 Å². The number of nitrogens with zero attached hydrogens (tertiary/aromatic N) is 1. The molecule has 1 aromatic rings. The minimum atomic E-state index is -3.48. The van der Waals surface area contributed by atoms with E-state index in [1.54, 1.807) is 0 Å². The zero-order valence-electron chi connectivity index (χ0n) is 15.6. The molecule has 1 N–H and O–H groups in total. The van der Waals surface area contributed by atoms with Crippen molar-refractivity contribution in [2.75, 3.05) is 12.8 Å². The molecule has 0 saturated carbocycles. The molecule has 0 saturated heterocycles. The highest BCUT2D eigenvalue weighted by Gasteiger charge is 2.28. The van der Waals surface area contributed by atoms with Crippen molar-refractivity contribution in [2.24, 2.45) is 5.41 Å². The molecule has 0 spiro atoms. The fourth-order valence-corrected chi connectivity index (χ4v) is 3.76. The number of hydrogen-bond acceptors (Lipinski definition) is 3. The summed E-state index contributed by atoms with van der Waals surface area (Å²) in [6, 6.07) is 9.26. The maximum atomic E-state index is 12.4. The average molecular weight is 355 g/mol. The van der Waals surface area contributed by atoms with Gasteiger partial charge in [0.2, 0.25) is 15.9 Å². The van der Waals surface area contributed by atoms with Crippen molar-refractivity contribution in [1.82, 2.24) is 9.62 Å². The first-order chi connectivity index (χ1) is 10.8. The zero-order valence-corrected chi connectivity index (χ0v) is 16.4. The molecular formula is C18H30N2O3S. The minimum Gasteiger partial charge on any atom is -0.350 e. The molecule has 0 fully saturated rings. The van der Waals surface area contributed by atoms with Crippen LogP contribution in [0.25, 0.3) is 0 Å². The van der Waals surface area contributed by atoms with Gasteiger partial charge in [0.25, 0.3) is 0 Å². The predicted octanol–water partition coefficient (Wildman–Crippen LogP) is 2.78. The third-order valence-electron chi connectivity index (χ3n) is 3.44. The topological polar surface area (TPSA) is 66.5 Å². The van der Waals surface area contributed by atoms with Gasteiger partial charge in [-0.15, -0.1) is 0 Å². The molecule has 0 radical (unpaired) electrons. The number of hydrogen-bond donors (Lipinski definition) is 1. The monoisotopic (exact) mass is 354 g/mol. The molecule has 1 amide bonds. The third-order valence-corrected chi connectivity index (χ3v) is 4.64. The van der Waals surface area contributed by atoms with E-state index in [2.05, 4.69) is 26.1 Å². The lowest BCUT2D eigenvalue weighted by atomic mass is 9.82. The third kappa shape index (κ3) is 7.93. The summed E-state index contributed by atoms with van der Waals surface area (Å²) in [5.74, 6) is -0.286. The Morgan fingerprint density at radius 2 is 1.62 bits per heavy atom. The molecule has 136 valence electrons. The second kappa shape index (κ2) is 7.66. The Balaban J connectivity index is 2.79. The lowest BCUT2D eigenvalue weighted by Crippen LogP contribution is -2.50. The summed E-state index contributed by atoms with van der Waals surface area (Å²) < 4.78 is 25.2. The van der Waals surface area contributed by atoms with Crippen LogP contribution in [0.3, 0.4) is 0 Å². The van der Waals surface area contributed by atoms with Crippen LogP contribution in [0.4, 0.5) is 0 Å². The quantitative estimate of drug-likeness (QED) is 0.819. The van der Waals surface area contributed by atoms with E-state index in [4.69, 9.17) is 0 Å². The standard InChI is InChI=1S/C18H30N2O3S/c1-17(2,3)14-18(4,5)19-16(21)13-20(24(6,22)23)12-15-10-8-7-9-11-15/h7-11H,12-14H2,1-6H3,(H,19,21). The molecule has 0 heterocycles. The first kappa shape index (κ1) is 20.6. The molecule has 24 heavy (non-hydrogen) atoms. The molecule has 1 rings (SSSR count). The Morgan fingerprint density at radius 1 is 1.08 bits per heavy atom. The van der Waals surface area contributed by atoms with E-state index in [0.29, 0.717) is 0 Å². The number of amides is 1. The molecule has 0 aliphatic rings. The summed E-state index contributed by atoms with van der Waals surface area (Å²) >= 11 is 0. The fraction of sp³-hybridized carbons (Fsp3) is 0.611. The van der Waals surface area contributed by atoms with Crippen molar-refractivity contribution >= 4 is 15.9 Å². The number of nitrogens with one attached hydrogen (secondary N) is 1. The van der Waals surface area contributed by atoms with E-state index in [-0.39, 0.29) is 24.4 Å². The van der Waals surface area contributed by atoms with Gasteiger partial charge in [-0.2, -0.15) is 4.31 Å². The summed E-state index contributed by atoms with van der Waals surface area (Å²) in [5.41, 5.74) is 0.521. The number of benzene rings is 1. The summed E-state index contributed by atoms with van der Waals surface area (Å²) in [7, 11) is -3.48. The minimum absolute atomic E-state index is 0.0668. The van der Waals surface area contributed by atoms with Gasteiger partial charge in [0.15, 0.2) is 0 Å². The van der Waals surface area contributed by atoms with Crippen LogP contribution in [0.2, 0.25) is 0 Å². The van der Waals surface area contributed by atoms with Gasteiger partial charge in [-0.05, 0) is 31.2 Å². The molecule has 0 aliphatic carbocycles. The Bertz CT molecular complexity index is 647. The van der Waals surface area contributed by atoms with Crippen LogP contribution in [0.1, 0.15) is 46.6 Å². The van der Waals surface area contributed by atoms with Crippen LogP contribution < -0.4 is 5.32 Å². The Morgan fingerprint density at radius 3 is 2.08 bits per heavy atom. The van der Waals surface area contributed by atoms with Crippen molar-refractivity contribution in [3.8, 4) is 0 Å². The van der Waals surface area contributed by atoms with E-state index in [1.165, 1.54) is 4.31 Å². The Kier molecular flexibility index (Phi) is 6.59. The molecule has 6 heteroatoms. The van der Waals surface area contributed by atoms with E-state index >= 15 is 0 Å². The van der Waals surface area contributed by atoms with Crippen LogP contribution in [0, 0.1) is 5.41 Å². The molecule has 0 bridgehead atoms. The van der Waals surface area contributed by atoms with Gasteiger partial charge < -0.3 is 5.32 Å². The van der Waals surface area contributed by atoms with Crippen LogP contribution in [-0.4, -0.2) is 37.0 Å². The molecule has 0 atom stereocenters.